The molecule has 0 unspecified atom stereocenters. The zero-order valence-corrected chi connectivity index (χ0v) is 10.1. The number of aromatic carboxylic acids is 1. The van der Waals surface area contributed by atoms with Crippen LogP contribution in [-0.2, 0) is 0 Å². The van der Waals surface area contributed by atoms with Gasteiger partial charge in [0.2, 0.25) is 0 Å². The number of nitrogens with one attached hydrogen (secondary N) is 1. The number of carbonyl (C=O) groups is 2. The molecule has 6 nitrogen and oxygen atoms in total. The van der Waals surface area contributed by atoms with Crippen LogP contribution in [0.1, 0.15) is 26.4 Å². The molecule has 6 heteroatoms. The van der Waals surface area contributed by atoms with Gasteiger partial charge in [-0.15, -0.1) is 0 Å². The van der Waals surface area contributed by atoms with Crippen LogP contribution in [0.4, 0.5) is 5.82 Å². The van der Waals surface area contributed by atoms with E-state index in [1.807, 2.05) is 13.0 Å². The van der Waals surface area contributed by atoms with Crippen LogP contribution in [0.2, 0.25) is 0 Å². The van der Waals surface area contributed by atoms with E-state index in [2.05, 4.69) is 15.3 Å². The Hall–Kier alpha value is -2.76. The molecule has 0 radical (unpaired) electrons. The molecule has 1 aromatic heterocycles. The zero-order valence-electron chi connectivity index (χ0n) is 10.1. The highest BCUT2D eigenvalue weighted by atomic mass is 16.4. The van der Waals surface area contributed by atoms with E-state index in [4.69, 9.17) is 5.11 Å². The molecule has 1 amide bonds. The molecule has 0 fully saturated rings. The number of aromatic nitrogens is 2. The lowest BCUT2D eigenvalue weighted by atomic mass is 10.1. The Morgan fingerprint density at radius 1 is 1.21 bits per heavy atom. The summed E-state index contributed by atoms with van der Waals surface area (Å²) in [5, 5.41) is 11.4. The average Bonchev–Trinajstić information content (AvgIpc) is 2.39. The molecule has 0 aliphatic carbocycles. The van der Waals surface area contributed by atoms with Crippen LogP contribution in [-0.4, -0.2) is 27.0 Å². The van der Waals surface area contributed by atoms with Crippen molar-refractivity contribution in [3.05, 3.63) is 53.5 Å². The summed E-state index contributed by atoms with van der Waals surface area (Å²) in [6.45, 7) is 1.86. The average molecular weight is 257 g/mol. The number of nitrogens with zero attached hydrogens (tertiary/aromatic N) is 2. The maximum atomic E-state index is 12.0. The lowest BCUT2D eigenvalue weighted by Gasteiger charge is -2.06. The molecule has 2 N–H and O–H groups in total. The van der Waals surface area contributed by atoms with E-state index in [-0.39, 0.29) is 11.5 Å². The van der Waals surface area contributed by atoms with E-state index in [9.17, 15) is 9.59 Å². The molecule has 0 atom stereocenters. The van der Waals surface area contributed by atoms with E-state index in [0.717, 1.165) is 5.56 Å². The van der Waals surface area contributed by atoms with Crippen LogP contribution >= 0.6 is 0 Å². The van der Waals surface area contributed by atoms with Crippen molar-refractivity contribution < 1.29 is 14.7 Å². The van der Waals surface area contributed by atoms with Gasteiger partial charge in [0.1, 0.15) is 0 Å². The molecule has 2 aromatic rings. The lowest BCUT2D eigenvalue weighted by molar-refractivity contribution is 0.0691. The molecule has 0 saturated carbocycles. The lowest BCUT2D eigenvalue weighted by Crippen LogP contribution is -2.17. The second-order valence-corrected chi connectivity index (χ2v) is 3.88. The summed E-state index contributed by atoms with van der Waals surface area (Å²) in [6, 6.07) is 6.95. The third kappa shape index (κ3) is 2.92. The number of hydrogen-bond donors (Lipinski definition) is 2. The van der Waals surface area contributed by atoms with Crippen LogP contribution in [0.5, 0.6) is 0 Å². The first kappa shape index (κ1) is 12.7. The number of carboxylic acid groups (broad SMARTS) is 1. The molecular formula is C13H11N3O3. The summed E-state index contributed by atoms with van der Waals surface area (Å²) in [7, 11) is 0. The number of rotatable bonds is 3. The minimum absolute atomic E-state index is 0.0680. The predicted molar refractivity (Wildman–Crippen MR) is 68.1 cm³/mol. The highest BCUT2D eigenvalue weighted by molar-refractivity contribution is 6.06. The Kier molecular flexibility index (Phi) is 3.51. The van der Waals surface area contributed by atoms with Crippen molar-refractivity contribution in [1.29, 1.82) is 0 Å². The fourth-order valence-electron chi connectivity index (χ4n) is 1.55. The molecule has 0 aliphatic rings. The monoisotopic (exact) mass is 257 g/mol. The minimum Gasteiger partial charge on any atom is -0.476 e. The summed E-state index contributed by atoms with van der Waals surface area (Å²) in [5.41, 5.74) is 1.08. The number of anilines is 1. The quantitative estimate of drug-likeness (QED) is 0.873. The topological polar surface area (TPSA) is 92.2 Å². The predicted octanol–water partition coefficient (Wildman–Crippen LogP) is 1.74. The van der Waals surface area contributed by atoms with Crippen molar-refractivity contribution >= 4 is 17.7 Å². The smallest absolute Gasteiger partial charge is 0.358 e. The van der Waals surface area contributed by atoms with Gasteiger partial charge in [-0.05, 0) is 19.1 Å². The maximum absolute atomic E-state index is 12.0. The van der Waals surface area contributed by atoms with Gasteiger partial charge in [0.25, 0.3) is 5.91 Å². The molecule has 0 aliphatic heterocycles. The first-order valence-corrected chi connectivity index (χ1v) is 5.50. The van der Waals surface area contributed by atoms with Gasteiger partial charge in [0.15, 0.2) is 11.5 Å². The van der Waals surface area contributed by atoms with Crippen LogP contribution in [0, 0.1) is 6.92 Å². The maximum Gasteiger partial charge on any atom is 0.358 e. The Morgan fingerprint density at radius 3 is 2.63 bits per heavy atom. The summed E-state index contributed by atoms with van der Waals surface area (Å²) in [5.74, 6) is -1.74. The minimum atomic E-state index is -1.24. The van der Waals surface area contributed by atoms with Gasteiger partial charge in [-0.3, -0.25) is 4.79 Å². The molecule has 2 rings (SSSR count). The third-order valence-electron chi connectivity index (χ3n) is 2.41. The zero-order chi connectivity index (χ0) is 13.8. The van der Waals surface area contributed by atoms with E-state index in [1.165, 1.54) is 12.4 Å². The van der Waals surface area contributed by atoms with E-state index in [0.29, 0.717) is 5.56 Å². The van der Waals surface area contributed by atoms with Crippen molar-refractivity contribution in [2.24, 2.45) is 0 Å². The first-order chi connectivity index (χ1) is 9.08. The number of aryl methyl sites for hydroxylation is 1. The Morgan fingerprint density at radius 2 is 1.95 bits per heavy atom. The molecular weight excluding hydrogens is 246 g/mol. The number of carbonyl (C=O) groups excluding carboxylic acids is 1. The van der Waals surface area contributed by atoms with Gasteiger partial charge in [-0.25, -0.2) is 14.8 Å². The molecule has 1 aromatic carbocycles. The highest BCUT2D eigenvalue weighted by Gasteiger charge is 2.15. The van der Waals surface area contributed by atoms with Crippen molar-refractivity contribution in [3.63, 3.8) is 0 Å². The van der Waals surface area contributed by atoms with Gasteiger partial charge in [-0.2, -0.15) is 0 Å². The highest BCUT2D eigenvalue weighted by Crippen LogP contribution is 2.11. The molecule has 0 spiro atoms. The summed E-state index contributed by atoms with van der Waals surface area (Å²) < 4.78 is 0. The summed E-state index contributed by atoms with van der Waals surface area (Å²) in [4.78, 5) is 30.4. The van der Waals surface area contributed by atoms with Crippen molar-refractivity contribution in [2.45, 2.75) is 6.92 Å². The van der Waals surface area contributed by atoms with Crippen LogP contribution in [0.25, 0.3) is 0 Å². The molecule has 1 heterocycles. The van der Waals surface area contributed by atoms with Crippen molar-refractivity contribution in [2.75, 3.05) is 5.32 Å². The van der Waals surface area contributed by atoms with Gasteiger partial charge >= 0.3 is 5.97 Å². The fraction of sp³-hybridized carbons (Fsp3) is 0.0769. The van der Waals surface area contributed by atoms with E-state index < -0.39 is 11.9 Å². The molecule has 19 heavy (non-hydrogen) atoms. The van der Waals surface area contributed by atoms with Crippen LogP contribution < -0.4 is 5.32 Å². The SMILES string of the molecule is Cc1cccc(C(=O)Nc2nccnc2C(=O)O)c1. The molecule has 0 bridgehead atoms. The number of amides is 1. The van der Waals surface area contributed by atoms with Crippen LogP contribution in [0.15, 0.2) is 36.7 Å². The Labute approximate surface area is 109 Å². The van der Waals surface area contributed by atoms with Crippen molar-refractivity contribution in [3.8, 4) is 0 Å². The van der Waals surface area contributed by atoms with Crippen LogP contribution in [0.3, 0.4) is 0 Å². The van der Waals surface area contributed by atoms with E-state index >= 15 is 0 Å². The fourth-order valence-corrected chi connectivity index (χ4v) is 1.55. The second-order valence-electron chi connectivity index (χ2n) is 3.88. The molecule has 0 saturated heterocycles. The normalized spacial score (nSPS) is 9.95. The van der Waals surface area contributed by atoms with E-state index in [1.54, 1.807) is 18.2 Å². The van der Waals surface area contributed by atoms with Gasteiger partial charge in [0, 0.05) is 18.0 Å². The largest absolute Gasteiger partial charge is 0.476 e. The summed E-state index contributed by atoms with van der Waals surface area (Å²) >= 11 is 0. The third-order valence-corrected chi connectivity index (χ3v) is 2.41. The Bertz CT molecular complexity index is 641. The second kappa shape index (κ2) is 5.26. The van der Waals surface area contributed by atoms with Gasteiger partial charge < -0.3 is 10.4 Å². The number of benzene rings is 1. The number of carboxylic acids is 1. The number of hydrogen-bond acceptors (Lipinski definition) is 4. The molecule has 96 valence electrons. The van der Waals surface area contributed by atoms with Crippen molar-refractivity contribution in [1.82, 2.24) is 9.97 Å². The standard InChI is InChI=1S/C13H11N3O3/c1-8-3-2-4-9(7-8)12(17)16-11-10(13(18)19)14-5-6-15-11/h2-7H,1H3,(H,18,19)(H,15,16,17). The Balaban J connectivity index is 2.27. The van der Waals surface area contributed by atoms with Gasteiger partial charge in [0.05, 0.1) is 0 Å². The summed E-state index contributed by atoms with van der Waals surface area (Å²) in [6.07, 6.45) is 2.57. The van der Waals surface area contributed by atoms with Gasteiger partial charge in [-0.1, -0.05) is 17.7 Å². The first-order valence-electron chi connectivity index (χ1n) is 5.50.